The highest BCUT2D eigenvalue weighted by Gasteiger charge is 2.33. The first-order chi connectivity index (χ1) is 10.6. The zero-order valence-electron chi connectivity index (χ0n) is 13.6. The molecule has 0 bridgehead atoms. The molecule has 1 amide bonds. The Kier molecular flexibility index (Phi) is 4.87. The van der Waals surface area contributed by atoms with Crippen LogP contribution in [-0.4, -0.2) is 29.5 Å². The van der Waals surface area contributed by atoms with Gasteiger partial charge in [-0.2, -0.15) is 13.2 Å². The van der Waals surface area contributed by atoms with E-state index in [0.29, 0.717) is 18.8 Å². The number of rotatable bonds is 2. The van der Waals surface area contributed by atoms with Crippen molar-refractivity contribution in [1.82, 2.24) is 10.3 Å². The maximum atomic E-state index is 12.6. The lowest BCUT2D eigenvalue weighted by molar-refractivity contribution is -0.141. The van der Waals surface area contributed by atoms with Gasteiger partial charge in [-0.05, 0) is 45.7 Å². The van der Waals surface area contributed by atoms with E-state index in [1.165, 1.54) is 12.3 Å². The third-order valence-corrected chi connectivity index (χ3v) is 3.69. The highest BCUT2D eigenvalue weighted by Crippen LogP contribution is 2.29. The molecule has 1 atom stereocenters. The van der Waals surface area contributed by atoms with Crippen LogP contribution in [0.4, 0.5) is 18.9 Å². The van der Waals surface area contributed by atoms with E-state index >= 15 is 0 Å². The van der Waals surface area contributed by atoms with Crippen molar-refractivity contribution in [2.75, 3.05) is 18.0 Å². The molecule has 0 aromatic carbocycles. The number of carbonyl (C=O) groups excluding carboxylic acids is 1. The number of halogens is 3. The summed E-state index contributed by atoms with van der Waals surface area (Å²) in [7, 11) is 0. The van der Waals surface area contributed by atoms with Gasteiger partial charge in [0.2, 0.25) is 5.91 Å². The van der Waals surface area contributed by atoms with Crippen molar-refractivity contribution in [3.05, 3.63) is 24.0 Å². The highest BCUT2D eigenvalue weighted by molar-refractivity contribution is 5.80. The SMILES string of the molecule is CC(C)(C)NC(=O)C1CCCN(c2ccc(C(F)(F)F)nc2)C1. The Morgan fingerprint density at radius 3 is 2.52 bits per heavy atom. The summed E-state index contributed by atoms with van der Waals surface area (Å²) in [5, 5.41) is 2.96. The first-order valence-electron chi connectivity index (χ1n) is 7.66. The molecule has 1 fully saturated rings. The van der Waals surface area contributed by atoms with Crippen molar-refractivity contribution in [1.29, 1.82) is 0 Å². The number of piperidine rings is 1. The molecule has 2 rings (SSSR count). The minimum Gasteiger partial charge on any atom is -0.369 e. The predicted octanol–water partition coefficient (Wildman–Crippen LogP) is 3.23. The molecule has 7 heteroatoms. The number of alkyl halides is 3. The zero-order chi connectivity index (χ0) is 17.3. The molecular weight excluding hydrogens is 307 g/mol. The maximum Gasteiger partial charge on any atom is 0.433 e. The van der Waals surface area contributed by atoms with E-state index in [1.54, 1.807) is 0 Å². The van der Waals surface area contributed by atoms with Crippen molar-refractivity contribution in [3.8, 4) is 0 Å². The number of aromatic nitrogens is 1. The van der Waals surface area contributed by atoms with Crippen LogP contribution in [-0.2, 0) is 11.0 Å². The molecule has 0 spiro atoms. The van der Waals surface area contributed by atoms with Gasteiger partial charge in [-0.3, -0.25) is 4.79 Å². The van der Waals surface area contributed by atoms with Crippen LogP contribution in [0, 0.1) is 5.92 Å². The average molecular weight is 329 g/mol. The summed E-state index contributed by atoms with van der Waals surface area (Å²) in [5.41, 5.74) is -0.582. The quantitative estimate of drug-likeness (QED) is 0.906. The molecule has 2 heterocycles. The minimum absolute atomic E-state index is 0.0120. The Morgan fingerprint density at radius 1 is 1.30 bits per heavy atom. The smallest absolute Gasteiger partial charge is 0.369 e. The third kappa shape index (κ3) is 4.84. The molecule has 1 saturated heterocycles. The number of carbonyl (C=O) groups is 1. The molecular formula is C16H22F3N3O. The summed E-state index contributed by atoms with van der Waals surface area (Å²) >= 11 is 0. The Bertz CT molecular complexity index is 549. The lowest BCUT2D eigenvalue weighted by atomic mass is 9.95. The topological polar surface area (TPSA) is 45.2 Å². The average Bonchev–Trinajstić information content (AvgIpc) is 2.45. The molecule has 23 heavy (non-hydrogen) atoms. The first kappa shape index (κ1) is 17.6. The van der Waals surface area contributed by atoms with E-state index < -0.39 is 11.9 Å². The van der Waals surface area contributed by atoms with Crippen molar-refractivity contribution >= 4 is 11.6 Å². The first-order valence-corrected chi connectivity index (χ1v) is 7.66. The molecule has 1 aromatic rings. The number of amides is 1. The van der Waals surface area contributed by atoms with Gasteiger partial charge in [-0.15, -0.1) is 0 Å². The molecule has 1 aliphatic rings. The fraction of sp³-hybridized carbons (Fsp3) is 0.625. The number of pyridine rings is 1. The minimum atomic E-state index is -4.43. The van der Waals surface area contributed by atoms with Gasteiger partial charge in [0.15, 0.2) is 0 Å². The molecule has 0 saturated carbocycles. The number of hydrogen-bond donors (Lipinski definition) is 1. The van der Waals surface area contributed by atoms with E-state index in [9.17, 15) is 18.0 Å². The summed E-state index contributed by atoms with van der Waals surface area (Å²) in [4.78, 5) is 17.7. The third-order valence-electron chi connectivity index (χ3n) is 3.69. The molecule has 1 aliphatic heterocycles. The summed E-state index contributed by atoms with van der Waals surface area (Å²) in [6.07, 6.45) is -1.60. The van der Waals surface area contributed by atoms with Gasteiger partial charge in [0.05, 0.1) is 17.8 Å². The van der Waals surface area contributed by atoms with E-state index in [2.05, 4.69) is 10.3 Å². The molecule has 128 valence electrons. The van der Waals surface area contributed by atoms with Crippen molar-refractivity contribution in [3.63, 3.8) is 0 Å². The number of nitrogens with one attached hydrogen (secondary N) is 1. The second-order valence-electron chi connectivity index (χ2n) is 6.92. The van der Waals surface area contributed by atoms with E-state index in [4.69, 9.17) is 0 Å². The van der Waals surface area contributed by atoms with E-state index in [1.807, 2.05) is 25.7 Å². The molecule has 1 unspecified atom stereocenters. The predicted molar refractivity (Wildman–Crippen MR) is 82.1 cm³/mol. The van der Waals surface area contributed by atoms with Gasteiger partial charge in [-0.1, -0.05) is 0 Å². The van der Waals surface area contributed by atoms with Gasteiger partial charge in [-0.25, -0.2) is 4.98 Å². The van der Waals surface area contributed by atoms with Crippen molar-refractivity contribution < 1.29 is 18.0 Å². The van der Waals surface area contributed by atoms with Crippen LogP contribution in [0.15, 0.2) is 18.3 Å². The highest BCUT2D eigenvalue weighted by atomic mass is 19.4. The number of nitrogens with zero attached hydrogens (tertiary/aromatic N) is 2. The van der Waals surface area contributed by atoms with Crippen LogP contribution in [0.1, 0.15) is 39.3 Å². The standard InChI is InChI=1S/C16H22F3N3O/c1-15(2,3)21-14(23)11-5-4-8-22(10-11)12-6-7-13(20-9-12)16(17,18)19/h6-7,9,11H,4-5,8,10H2,1-3H3,(H,21,23). The van der Waals surface area contributed by atoms with Crippen LogP contribution in [0.2, 0.25) is 0 Å². The van der Waals surface area contributed by atoms with Crippen LogP contribution < -0.4 is 10.2 Å². The van der Waals surface area contributed by atoms with Gasteiger partial charge in [0.1, 0.15) is 5.69 Å². The Labute approximate surface area is 134 Å². The van der Waals surface area contributed by atoms with Crippen LogP contribution in [0.3, 0.4) is 0 Å². The van der Waals surface area contributed by atoms with Crippen molar-refractivity contribution in [2.45, 2.75) is 45.3 Å². The lowest BCUT2D eigenvalue weighted by Gasteiger charge is -2.35. The number of hydrogen-bond acceptors (Lipinski definition) is 3. The molecule has 0 radical (unpaired) electrons. The fourth-order valence-corrected chi connectivity index (χ4v) is 2.64. The Balaban J connectivity index is 2.05. The summed E-state index contributed by atoms with van der Waals surface area (Å²) in [6.45, 7) is 6.98. The van der Waals surface area contributed by atoms with Gasteiger partial charge >= 0.3 is 6.18 Å². The monoisotopic (exact) mass is 329 g/mol. The molecule has 1 aromatic heterocycles. The van der Waals surface area contributed by atoms with E-state index in [0.717, 1.165) is 18.9 Å². The summed E-state index contributed by atoms with van der Waals surface area (Å²) in [5.74, 6) is -0.174. The second kappa shape index (κ2) is 6.37. The van der Waals surface area contributed by atoms with Crippen LogP contribution in [0.25, 0.3) is 0 Å². The maximum absolute atomic E-state index is 12.6. The Morgan fingerprint density at radius 2 is 2.00 bits per heavy atom. The van der Waals surface area contributed by atoms with Crippen LogP contribution in [0.5, 0.6) is 0 Å². The second-order valence-corrected chi connectivity index (χ2v) is 6.92. The largest absolute Gasteiger partial charge is 0.433 e. The van der Waals surface area contributed by atoms with Gasteiger partial charge < -0.3 is 10.2 Å². The normalized spacial score (nSPS) is 19.6. The van der Waals surface area contributed by atoms with Crippen molar-refractivity contribution in [2.24, 2.45) is 5.92 Å². The number of anilines is 1. The molecule has 0 aliphatic carbocycles. The zero-order valence-corrected chi connectivity index (χ0v) is 13.6. The lowest BCUT2D eigenvalue weighted by Crippen LogP contribution is -2.48. The van der Waals surface area contributed by atoms with Gasteiger partial charge in [0, 0.05) is 18.6 Å². The molecule has 1 N–H and O–H groups in total. The van der Waals surface area contributed by atoms with E-state index in [-0.39, 0.29) is 17.4 Å². The summed E-state index contributed by atoms with van der Waals surface area (Å²) in [6, 6.07) is 2.40. The molecule has 4 nitrogen and oxygen atoms in total. The fourth-order valence-electron chi connectivity index (χ4n) is 2.64. The summed E-state index contributed by atoms with van der Waals surface area (Å²) < 4.78 is 37.7. The van der Waals surface area contributed by atoms with Crippen LogP contribution >= 0.6 is 0 Å². The van der Waals surface area contributed by atoms with Gasteiger partial charge in [0.25, 0.3) is 0 Å². The Hall–Kier alpha value is -1.79.